The number of aromatic nitrogens is 4. The van der Waals surface area contributed by atoms with Crippen molar-refractivity contribution in [2.24, 2.45) is 0 Å². The van der Waals surface area contributed by atoms with Crippen molar-refractivity contribution in [1.29, 1.82) is 0 Å². The minimum atomic E-state index is -0.00406. The van der Waals surface area contributed by atoms with Gasteiger partial charge in [-0.2, -0.15) is 0 Å². The normalized spacial score (nSPS) is 11.8. The Morgan fingerprint density at radius 2 is 1.66 bits per heavy atom. The standard InChI is InChI=1S/C22H21Cl2N5/c1-22(2,3)15-7-4-5-10-18(15)28-20-19-21(26-12-25-19)29(13-27-20)11-14-16(23)8-6-9-17(14)24/h4-10,12-13,28H,11H2,1-3H3. The molecule has 29 heavy (non-hydrogen) atoms. The second kappa shape index (κ2) is 7.65. The lowest BCUT2D eigenvalue weighted by atomic mass is 9.86. The van der Waals surface area contributed by atoms with E-state index in [1.807, 2.05) is 34.9 Å². The SMILES string of the molecule is CC(C)(C)c1ccccc1Nc1ncn(Cc2c(Cl)cccc2Cl)c2ncnc1-2. The number of imidazole rings is 1. The number of hydrogen-bond acceptors (Lipinski definition) is 4. The van der Waals surface area contributed by atoms with Crippen LogP contribution < -0.4 is 5.32 Å². The van der Waals surface area contributed by atoms with Crippen molar-refractivity contribution in [3.8, 4) is 11.5 Å². The van der Waals surface area contributed by atoms with Crippen LogP contribution in [0, 0.1) is 0 Å². The van der Waals surface area contributed by atoms with Gasteiger partial charge in [0, 0.05) is 21.3 Å². The average Bonchev–Trinajstić information content (AvgIpc) is 3.16. The highest BCUT2D eigenvalue weighted by molar-refractivity contribution is 6.36. The third-order valence-corrected chi connectivity index (χ3v) is 5.49. The first-order chi connectivity index (χ1) is 13.8. The number of fused-ring (bicyclic) bond motifs is 1. The molecule has 1 N–H and O–H groups in total. The van der Waals surface area contributed by atoms with Crippen molar-refractivity contribution >= 4 is 34.7 Å². The summed E-state index contributed by atoms with van der Waals surface area (Å²) >= 11 is 12.7. The quantitative estimate of drug-likeness (QED) is 0.424. The minimum absolute atomic E-state index is 0.00406. The lowest BCUT2D eigenvalue weighted by molar-refractivity contribution is 0.592. The molecule has 148 valence electrons. The smallest absolute Gasteiger partial charge is 0.165 e. The Labute approximate surface area is 180 Å². The topological polar surface area (TPSA) is 55.6 Å². The molecule has 0 saturated heterocycles. The first-order valence-electron chi connectivity index (χ1n) is 9.30. The number of para-hydroxylation sites is 1. The highest BCUT2D eigenvalue weighted by Gasteiger charge is 2.22. The summed E-state index contributed by atoms with van der Waals surface area (Å²) in [4.78, 5) is 13.5. The van der Waals surface area contributed by atoms with Crippen molar-refractivity contribution in [2.45, 2.75) is 32.7 Å². The van der Waals surface area contributed by atoms with E-state index >= 15 is 0 Å². The maximum atomic E-state index is 6.34. The Morgan fingerprint density at radius 1 is 0.931 bits per heavy atom. The molecule has 0 radical (unpaired) electrons. The number of anilines is 2. The molecule has 2 aliphatic heterocycles. The van der Waals surface area contributed by atoms with Gasteiger partial charge in [-0.15, -0.1) is 0 Å². The molecule has 2 aromatic rings. The number of nitrogens with zero attached hydrogens (tertiary/aromatic N) is 4. The van der Waals surface area contributed by atoms with Gasteiger partial charge in [0.15, 0.2) is 17.3 Å². The predicted molar refractivity (Wildman–Crippen MR) is 118 cm³/mol. The summed E-state index contributed by atoms with van der Waals surface area (Å²) < 4.78 is 1.90. The monoisotopic (exact) mass is 425 g/mol. The number of halogens is 2. The predicted octanol–water partition coefficient (Wildman–Crippen LogP) is 6.17. The Balaban J connectivity index is 1.71. The van der Waals surface area contributed by atoms with E-state index in [1.54, 1.807) is 6.33 Å². The number of nitrogens with one attached hydrogen (secondary N) is 1. The van der Waals surface area contributed by atoms with Gasteiger partial charge in [-0.1, -0.05) is 68.2 Å². The van der Waals surface area contributed by atoms with Crippen molar-refractivity contribution in [3.63, 3.8) is 0 Å². The molecule has 7 heteroatoms. The Morgan fingerprint density at radius 3 is 2.38 bits per heavy atom. The van der Waals surface area contributed by atoms with Crippen LogP contribution in [0.4, 0.5) is 11.5 Å². The van der Waals surface area contributed by atoms with Crippen molar-refractivity contribution in [3.05, 3.63) is 76.3 Å². The van der Waals surface area contributed by atoms with Crippen molar-refractivity contribution in [2.75, 3.05) is 5.32 Å². The molecule has 0 aliphatic carbocycles. The summed E-state index contributed by atoms with van der Waals surface area (Å²) in [7, 11) is 0. The molecule has 0 atom stereocenters. The van der Waals surface area contributed by atoms with Gasteiger partial charge in [0.2, 0.25) is 0 Å². The number of benzene rings is 2. The van der Waals surface area contributed by atoms with Crippen molar-refractivity contribution < 1.29 is 0 Å². The van der Waals surface area contributed by atoms with E-state index in [1.165, 1.54) is 11.9 Å². The zero-order valence-electron chi connectivity index (χ0n) is 16.4. The fourth-order valence-electron chi connectivity index (χ4n) is 3.32. The maximum absolute atomic E-state index is 6.34. The summed E-state index contributed by atoms with van der Waals surface area (Å²) in [5, 5.41) is 4.66. The first kappa shape index (κ1) is 19.7. The molecule has 0 aromatic heterocycles. The van der Waals surface area contributed by atoms with Gasteiger partial charge in [-0.25, -0.2) is 15.0 Å². The third-order valence-electron chi connectivity index (χ3n) is 4.78. The van der Waals surface area contributed by atoms with E-state index in [0.717, 1.165) is 11.3 Å². The van der Waals surface area contributed by atoms with Gasteiger partial charge in [-0.3, -0.25) is 0 Å². The van der Waals surface area contributed by atoms with E-state index in [-0.39, 0.29) is 5.41 Å². The van der Waals surface area contributed by atoms with Crippen molar-refractivity contribution in [1.82, 2.24) is 19.5 Å². The third kappa shape index (κ3) is 3.93. The van der Waals surface area contributed by atoms with Crippen LogP contribution in [0.1, 0.15) is 31.9 Å². The lowest BCUT2D eigenvalue weighted by Crippen LogP contribution is -2.15. The molecule has 2 heterocycles. The molecule has 0 bridgehead atoms. The van der Waals surface area contributed by atoms with Crippen LogP contribution in [0.25, 0.3) is 11.5 Å². The summed E-state index contributed by atoms with van der Waals surface area (Å²) in [6, 6.07) is 13.7. The zero-order chi connectivity index (χ0) is 20.6. The molecule has 2 aliphatic rings. The molecule has 0 saturated carbocycles. The van der Waals surface area contributed by atoms with Crippen LogP contribution in [0.2, 0.25) is 10.0 Å². The highest BCUT2D eigenvalue weighted by Crippen LogP contribution is 2.34. The summed E-state index contributed by atoms with van der Waals surface area (Å²) in [6.45, 7) is 7.01. The Hall–Kier alpha value is -2.63. The molecule has 0 unspecified atom stereocenters. The molecule has 5 nitrogen and oxygen atoms in total. The zero-order valence-corrected chi connectivity index (χ0v) is 18.0. The van der Waals surface area contributed by atoms with Crippen LogP contribution in [-0.4, -0.2) is 19.5 Å². The number of hydrogen-bond donors (Lipinski definition) is 1. The van der Waals surface area contributed by atoms with Gasteiger partial charge in [-0.05, 0) is 29.2 Å². The van der Waals surface area contributed by atoms with Gasteiger partial charge in [0.1, 0.15) is 6.33 Å². The molecular formula is C22H21Cl2N5. The molecule has 0 fully saturated rings. The largest absolute Gasteiger partial charge is 0.338 e. The number of rotatable bonds is 4. The summed E-state index contributed by atoms with van der Waals surface area (Å²) in [6.07, 6.45) is 3.27. The second-order valence-electron chi connectivity index (χ2n) is 7.89. The molecule has 0 amide bonds. The fraction of sp³-hybridized carbons (Fsp3) is 0.227. The van der Waals surface area contributed by atoms with E-state index in [0.29, 0.717) is 33.9 Å². The van der Waals surface area contributed by atoms with Crippen LogP contribution in [0.15, 0.2) is 55.1 Å². The highest BCUT2D eigenvalue weighted by atomic mass is 35.5. The van der Waals surface area contributed by atoms with Crippen LogP contribution in [0.5, 0.6) is 0 Å². The second-order valence-corrected chi connectivity index (χ2v) is 8.70. The Bertz CT molecular complexity index is 1110. The summed E-state index contributed by atoms with van der Waals surface area (Å²) in [5.74, 6) is 1.38. The summed E-state index contributed by atoms with van der Waals surface area (Å²) in [5.41, 5.74) is 3.72. The van der Waals surface area contributed by atoms with Gasteiger partial charge in [0.25, 0.3) is 0 Å². The lowest BCUT2D eigenvalue weighted by Gasteiger charge is -2.23. The molecule has 4 rings (SSSR count). The fourth-order valence-corrected chi connectivity index (χ4v) is 3.83. The van der Waals surface area contributed by atoms with Gasteiger partial charge < -0.3 is 9.88 Å². The average molecular weight is 426 g/mol. The molecular weight excluding hydrogens is 405 g/mol. The van der Waals surface area contributed by atoms with Crippen LogP contribution >= 0.6 is 23.2 Å². The maximum Gasteiger partial charge on any atom is 0.165 e. The van der Waals surface area contributed by atoms with Crippen LogP contribution in [-0.2, 0) is 12.0 Å². The molecule has 2 aromatic carbocycles. The van der Waals surface area contributed by atoms with Crippen LogP contribution in [0.3, 0.4) is 0 Å². The van der Waals surface area contributed by atoms with E-state index in [4.69, 9.17) is 23.2 Å². The van der Waals surface area contributed by atoms with E-state index in [9.17, 15) is 0 Å². The molecule has 0 spiro atoms. The van der Waals surface area contributed by atoms with Gasteiger partial charge >= 0.3 is 0 Å². The van der Waals surface area contributed by atoms with E-state index in [2.05, 4.69) is 53.2 Å². The van der Waals surface area contributed by atoms with Gasteiger partial charge in [0.05, 0.1) is 12.9 Å². The van der Waals surface area contributed by atoms with E-state index < -0.39 is 0 Å². The Kier molecular flexibility index (Phi) is 5.19. The minimum Gasteiger partial charge on any atom is -0.338 e. The first-order valence-corrected chi connectivity index (χ1v) is 10.1.